The Labute approximate surface area is 204 Å². The quantitative estimate of drug-likeness (QED) is 0.410. The third kappa shape index (κ3) is 6.63. The number of ether oxygens (including phenoxy) is 1. The predicted molar refractivity (Wildman–Crippen MR) is 133 cm³/mol. The largest absolute Gasteiger partial charge is 0.491 e. The van der Waals surface area contributed by atoms with Crippen LogP contribution in [0.15, 0.2) is 66.7 Å². The molecule has 9 heteroatoms. The van der Waals surface area contributed by atoms with Gasteiger partial charge in [-0.25, -0.2) is 8.42 Å². The third-order valence-electron chi connectivity index (χ3n) is 4.92. The van der Waals surface area contributed by atoms with Crippen molar-refractivity contribution in [3.05, 3.63) is 93.5 Å². The van der Waals surface area contributed by atoms with Crippen molar-refractivity contribution in [2.45, 2.75) is 13.5 Å². The van der Waals surface area contributed by atoms with Gasteiger partial charge < -0.3 is 10.1 Å². The van der Waals surface area contributed by atoms with Crippen molar-refractivity contribution in [1.82, 2.24) is 5.32 Å². The molecule has 0 bridgehead atoms. The fraction of sp³-hybridized carbons (Fsp3) is 0.208. The van der Waals surface area contributed by atoms with Gasteiger partial charge in [0.25, 0.3) is 5.91 Å². The lowest BCUT2D eigenvalue weighted by Gasteiger charge is -2.23. The molecule has 33 heavy (non-hydrogen) atoms. The summed E-state index contributed by atoms with van der Waals surface area (Å²) in [5.74, 6) is 0.491. The molecule has 1 N–H and O–H groups in total. The SMILES string of the molecule is Cc1ccccc1OCCNC(=O)c1ccc(N(Cc2c(Cl)cccc2Cl)S(C)(=O)=O)cc1. The Morgan fingerprint density at radius 3 is 2.21 bits per heavy atom. The van der Waals surface area contributed by atoms with E-state index in [0.29, 0.717) is 40.0 Å². The molecule has 0 heterocycles. The van der Waals surface area contributed by atoms with E-state index in [0.717, 1.165) is 17.6 Å². The molecule has 0 saturated heterocycles. The monoisotopic (exact) mass is 506 g/mol. The summed E-state index contributed by atoms with van der Waals surface area (Å²) in [5, 5.41) is 3.54. The molecular weight excluding hydrogens is 483 g/mol. The van der Waals surface area contributed by atoms with Crippen molar-refractivity contribution >= 4 is 44.8 Å². The van der Waals surface area contributed by atoms with Crippen molar-refractivity contribution in [3.8, 4) is 5.75 Å². The Balaban J connectivity index is 1.65. The van der Waals surface area contributed by atoms with Crippen LogP contribution in [0.2, 0.25) is 10.0 Å². The molecule has 0 aliphatic rings. The van der Waals surface area contributed by atoms with Crippen LogP contribution in [0.25, 0.3) is 0 Å². The molecule has 0 aliphatic heterocycles. The number of para-hydroxylation sites is 1. The van der Waals surface area contributed by atoms with Gasteiger partial charge in [0.15, 0.2) is 0 Å². The molecule has 3 aromatic carbocycles. The van der Waals surface area contributed by atoms with Gasteiger partial charge in [-0.15, -0.1) is 0 Å². The molecule has 0 atom stereocenters. The summed E-state index contributed by atoms with van der Waals surface area (Å²) in [4.78, 5) is 12.4. The first-order valence-electron chi connectivity index (χ1n) is 10.1. The highest BCUT2D eigenvalue weighted by Gasteiger charge is 2.21. The molecule has 3 aromatic rings. The minimum Gasteiger partial charge on any atom is -0.491 e. The number of amides is 1. The number of rotatable bonds is 9. The average Bonchev–Trinajstić information content (AvgIpc) is 2.77. The second-order valence-electron chi connectivity index (χ2n) is 7.39. The van der Waals surface area contributed by atoms with E-state index in [1.54, 1.807) is 42.5 Å². The first kappa shape index (κ1) is 24.9. The lowest BCUT2D eigenvalue weighted by molar-refractivity contribution is 0.0947. The summed E-state index contributed by atoms with van der Waals surface area (Å²) >= 11 is 12.4. The van der Waals surface area contributed by atoms with Crippen molar-refractivity contribution in [3.63, 3.8) is 0 Å². The molecule has 0 fully saturated rings. The van der Waals surface area contributed by atoms with E-state index in [-0.39, 0.29) is 12.5 Å². The van der Waals surface area contributed by atoms with Gasteiger partial charge >= 0.3 is 0 Å². The van der Waals surface area contributed by atoms with Gasteiger partial charge in [0, 0.05) is 21.2 Å². The molecule has 1 amide bonds. The predicted octanol–water partition coefficient (Wildman–Crippen LogP) is 5.08. The number of sulfonamides is 1. The first-order chi connectivity index (χ1) is 15.7. The maximum Gasteiger partial charge on any atom is 0.251 e. The number of carbonyl (C=O) groups excluding carboxylic acids is 1. The van der Waals surface area contributed by atoms with Crippen LogP contribution in [-0.4, -0.2) is 33.7 Å². The molecule has 0 unspecified atom stereocenters. The van der Waals surface area contributed by atoms with Crippen molar-refractivity contribution in [2.24, 2.45) is 0 Å². The highest BCUT2D eigenvalue weighted by molar-refractivity contribution is 7.92. The number of nitrogens with zero attached hydrogens (tertiary/aromatic N) is 1. The van der Waals surface area contributed by atoms with Crippen LogP contribution in [0.3, 0.4) is 0 Å². The van der Waals surface area contributed by atoms with Gasteiger partial charge in [-0.05, 0) is 55.0 Å². The smallest absolute Gasteiger partial charge is 0.251 e. The molecular formula is C24H24Cl2N2O4S. The summed E-state index contributed by atoms with van der Waals surface area (Å²) in [6, 6.07) is 18.9. The molecule has 174 valence electrons. The number of hydrogen-bond donors (Lipinski definition) is 1. The number of hydrogen-bond acceptors (Lipinski definition) is 4. The van der Waals surface area contributed by atoms with E-state index in [9.17, 15) is 13.2 Å². The highest BCUT2D eigenvalue weighted by Crippen LogP contribution is 2.29. The van der Waals surface area contributed by atoms with E-state index in [4.69, 9.17) is 27.9 Å². The number of benzene rings is 3. The minimum atomic E-state index is -3.63. The molecule has 0 aliphatic carbocycles. The van der Waals surface area contributed by atoms with Crippen LogP contribution in [0.4, 0.5) is 5.69 Å². The molecule has 6 nitrogen and oxygen atoms in total. The second kappa shape index (κ2) is 10.9. The lowest BCUT2D eigenvalue weighted by atomic mass is 10.1. The minimum absolute atomic E-state index is 0.0286. The fourth-order valence-corrected chi connectivity index (χ4v) is 4.54. The summed E-state index contributed by atoms with van der Waals surface area (Å²) < 4.78 is 31.7. The highest BCUT2D eigenvalue weighted by atomic mass is 35.5. The standard InChI is InChI=1S/C24H24Cl2N2O4S/c1-17-6-3-4-9-23(17)32-15-14-27-24(29)18-10-12-19(13-11-18)28(33(2,30)31)16-20-21(25)7-5-8-22(20)26/h3-13H,14-16H2,1-2H3,(H,27,29). The third-order valence-corrected chi connectivity index (χ3v) is 6.77. The number of anilines is 1. The summed E-state index contributed by atoms with van der Waals surface area (Å²) in [6.45, 7) is 2.58. The molecule has 0 spiro atoms. The van der Waals surface area contributed by atoms with Crippen LogP contribution in [0, 0.1) is 6.92 Å². The van der Waals surface area contributed by atoms with Crippen molar-refractivity contribution in [1.29, 1.82) is 0 Å². The topological polar surface area (TPSA) is 75.7 Å². The summed E-state index contributed by atoms with van der Waals surface area (Å²) in [5.41, 5.74) is 2.32. The number of nitrogens with one attached hydrogen (secondary N) is 1. The maximum atomic E-state index is 12.4. The van der Waals surface area contributed by atoms with Gasteiger partial charge in [0.2, 0.25) is 10.0 Å². The van der Waals surface area contributed by atoms with Crippen LogP contribution in [0.1, 0.15) is 21.5 Å². The summed E-state index contributed by atoms with van der Waals surface area (Å²) in [7, 11) is -3.63. The fourth-order valence-electron chi connectivity index (χ4n) is 3.15. The van der Waals surface area contributed by atoms with Crippen LogP contribution < -0.4 is 14.4 Å². The number of aryl methyl sites for hydroxylation is 1. The van der Waals surface area contributed by atoms with Gasteiger partial charge in [-0.3, -0.25) is 9.10 Å². The summed E-state index contributed by atoms with van der Waals surface area (Å²) in [6.07, 6.45) is 1.10. The van der Waals surface area contributed by atoms with Crippen LogP contribution in [0.5, 0.6) is 5.75 Å². The Morgan fingerprint density at radius 1 is 0.970 bits per heavy atom. The van der Waals surface area contributed by atoms with Crippen LogP contribution in [-0.2, 0) is 16.6 Å². The van der Waals surface area contributed by atoms with Gasteiger partial charge in [0.05, 0.1) is 25.0 Å². The molecule has 0 saturated carbocycles. The van der Waals surface area contributed by atoms with E-state index in [1.807, 2.05) is 31.2 Å². The van der Waals surface area contributed by atoms with E-state index in [1.165, 1.54) is 4.31 Å². The normalized spacial score (nSPS) is 11.2. The zero-order valence-electron chi connectivity index (χ0n) is 18.2. The van der Waals surface area contributed by atoms with Crippen molar-refractivity contribution in [2.75, 3.05) is 23.7 Å². The Kier molecular flexibility index (Phi) is 8.24. The number of halogens is 2. The molecule has 3 rings (SSSR count). The van der Waals surface area contributed by atoms with E-state index in [2.05, 4.69) is 5.32 Å². The zero-order chi connectivity index (χ0) is 24.0. The van der Waals surface area contributed by atoms with Gasteiger partial charge in [-0.2, -0.15) is 0 Å². The zero-order valence-corrected chi connectivity index (χ0v) is 20.5. The Morgan fingerprint density at radius 2 is 1.61 bits per heavy atom. The van der Waals surface area contributed by atoms with E-state index >= 15 is 0 Å². The van der Waals surface area contributed by atoms with Crippen LogP contribution >= 0.6 is 23.2 Å². The Bertz CT molecular complexity index is 1210. The maximum absolute atomic E-state index is 12.4. The Hall–Kier alpha value is -2.74. The first-order valence-corrected chi connectivity index (χ1v) is 12.7. The lowest BCUT2D eigenvalue weighted by Crippen LogP contribution is -2.30. The van der Waals surface area contributed by atoms with Crippen molar-refractivity contribution < 1.29 is 17.9 Å². The molecule has 0 aromatic heterocycles. The number of carbonyl (C=O) groups is 1. The van der Waals surface area contributed by atoms with Gasteiger partial charge in [-0.1, -0.05) is 47.5 Å². The molecule has 0 radical (unpaired) electrons. The van der Waals surface area contributed by atoms with Gasteiger partial charge in [0.1, 0.15) is 12.4 Å². The average molecular weight is 507 g/mol. The second-order valence-corrected chi connectivity index (χ2v) is 10.1. The van der Waals surface area contributed by atoms with E-state index < -0.39 is 10.0 Å².